The standard InChI is InChI=1S/C15H19NO4S/c1-11(13-6-7-13)16-21(18,19)15-10-12(4-3-9-17)5-8-14(15)20-2/h5,8,10-11,13,16-17H,6-7,9H2,1-2H3. The van der Waals surface area contributed by atoms with Gasteiger partial charge >= 0.3 is 0 Å². The Hall–Kier alpha value is -1.55. The molecule has 0 radical (unpaired) electrons. The molecule has 6 heteroatoms. The summed E-state index contributed by atoms with van der Waals surface area (Å²) < 4.78 is 32.8. The minimum Gasteiger partial charge on any atom is -0.495 e. The van der Waals surface area contributed by atoms with E-state index in [1.807, 2.05) is 6.92 Å². The Morgan fingerprint density at radius 3 is 2.76 bits per heavy atom. The van der Waals surface area contributed by atoms with Gasteiger partial charge < -0.3 is 9.84 Å². The van der Waals surface area contributed by atoms with Crippen molar-refractivity contribution in [2.45, 2.75) is 30.7 Å². The summed E-state index contributed by atoms with van der Waals surface area (Å²) in [4.78, 5) is 0.0715. The average Bonchev–Trinajstić information content (AvgIpc) is 3.29. The number of rotatable bonds is 5. The molecule has 1 atom stereocenters. The summed E-state index contributed by atoms with van der Waals surface area (Å²) in [6.45, 7) is 1.60. The highest BCUT2D eigenvalue weighted by atomic mass is 32.2. The van der Waals surface area contributed by atoms with Crippen LogP contribution in [0.5, 0.6) is 5.75 Å². The lowest BCUT2D eigenvalue weighted by atomic mass is 10.2. The number of sulfonamides is 1. The molecule has 21 heavy (non-hydrogen) atoms. The number of aliphatic hydroxyl groups is 1. The van der Waals surface area contributed by atoms with Gasteiger partial charge in [-0.1, -0.05) is 11.8 Å². The van der Waals surface area contributed by atoms with Crippen LogP contribution in [0, 0.1) is 17.8 Å². The minimum absolute atomic E-state index is 0.0715. The zero-order valence-corrected chi connectivity index (χ0v) is 12.9. The van der Waals surface area contributed by atoms with Crippen LogP contribution in [0.15, 0.2) is 23.1 Å². The lowest BCUT2D eigenvalue weighted by Crippen LogP contribution is -2.34. The highest BCUT2D eigenvalue weighted by Gasteiger charge is 2.32. The highest BCUT2D eigenvalue weighted by Crippen LogP contribution is 2.33. The van der Waals surface area contributed by atoms with Crippen LogP contribution in [0.3, 0.4) is 0 Å². The first-order valence-corrected chi connectivity index (χ1v) is 8.26. The first kappa shape index (κ1) is 15.8. The Kier molecular flexibility index (Phi) is 4.88. The van der Waals surface area contributed by atoms with E-state index in [-0.39, 0.29) is 23.3 Å². The quantitative estimate of drug-likeness (QED) is 0.799. The molecule has 2 rings (SSSR count). The molecule has 0 aromatic heterocycles. The van der Waals surface area contributed by atoms with E-state index in [4.69, 9.17) is 9.84 Å². The van der Waals surface area contributed by atoms with Crippen molar-refractivity contribution in [1.29, 1.82) is 0 Å². The Morgan fingerprint density at radius 2 is 2.19 bits per heavy atom. The van der Waals surface area contributed by atoms with E-state index >= 15 is 0 Å². The maximum absolute atomic E-state index is 12.5. The van der Waals surface area contributed by atoms with Crippen LogP contribution in [0.4, 0.5) is 0 Å². The van der Waals surface area contributed by atoms with Crippen LogP contribution in [0.25, 0.3) is 0 Å². The summed E-state index contributed by atoms with van der Waals surface area (Å²) in [5.74, 6) is 5.90. The summed E-state index contributed by atoms with van der Waals surface area (Å²) in [6.07, 6.45) is 2.12. The van der Waals surface area contributed by atoms with E-state index in [2.05, 4.69) is 16.6 Å². The van der Waals surface area contributed by atoms with Gasteiger partial charge in [-0.2, -0.15) is 0 Å². The van der Waals surface area contributed by atoms with Crippen LogP contribution < -0.4 is 9.46 Å². The van der Waals surface area contributed by atoms with E-state index < -0.39 is 10.0 Å². The first-order chi connectivity index (χ1) is 9.97. The van der Waals surface area contributed by atoms with Crippen molar-refractivity contribution in [1.82, 2.24) is 4.72 Å². The Balaban J connectivity index is 2.34. The van der Waals surface area contributed by atoms with Gasteiger partial charge in [0.1, 0.15) is 17.3 Å². The van der Waals surface area contributed by atoms with Crippen molar-refractivity contribution in [2.75, 3.05) is 13.7 Å². The zero-order chi connectivity index (χ0) is 15.5. The molecule has 0 aliphatic heterocycles. The predicted molar refractivity (Wildman–Crippen MR) is 79.5 cm³/mol. The molecular formula is C15H19NO4S. The number of hydrogen-bond donors (Lipinski definition) is 2. The van der Waals surface area contributed by atoms with E-state index in [1.54, 1.807) is 12.1 Å². The second-order valence-electron chi connectivity index (χ2n) is 5.07. The molecule has 114 valence electrons. The molecule has 0 bridgehead atoms. The van der Waals surface area contributed by atoms with Gasteiger partial charge in [0, 0.05) is 11.6 Å². The average molecular weight is 309 g/mol. The van der Waals surface area contributed by atoms with Crippen molar-refractivity contribution >= 4 is 10.0 Å². The van der Waals surface area contributed by atoms with Gasteiger partial charge in [-0.25, -0.2) is 13.1 Å². The number of benzene rings is 1. The number of nitrogens with one attached hydrogen (secondary N) is 1. The van der Waals surface area contributed by atoms with Crippen molar-refractivity contribution in [2.24, 2.45) is 5.92 Å². The van der Waals surface area contributed by atoms with Gasteiger partial charge in [-0.05, 0) is 43.9 Å². The van der Waals surface area contributed by atoms with Crippen molar-refractivity contribution in [3.8, 4) is 17.6 Å². The number of aliphatic hydroxyl groups excluding tert-OH is 1. The van der Waals surface area contributed by atoms with Crippen LogP contribution in [0.2, 0.25) is 0 Å². The maximum atomic E-state index is 12.5. The fraction of sp³-hybridized carbons (Fsp3) is 0.467. The largest absolute Gasteiger partial charge is 0.495 e. The van der Waals surface area contributed by atoms with Gasteiger partial charge in [0.25, 0.3) is 0 Å². The molecule has 1 aliphatic carbocycles. The zero-order valence-electron chi connectivity index (χ0n) is 12.1. The van der Waals surface area contributed by atoms with Crippen LogP contribution in [-0.2, 0) is 10.0 Å². The molecule has 1 aromatic carbocycles. The van der Waals surface area contributed by atoms with Crippen molar-refractivity contribution in [3.05, 3.63) is 23.8 Å². The van der Waals surface area contributed by atoms with Crippen LogP contribution in [0.1, 0.15) is 25.3 Å². The van der Waals surface area contributed by atoms with Crippen molar-refractivity contribution in [3.63, 3.8) is 0 Å². The molecule has 1 aliphatic rings. The fourth-order valence-corrected chi connectivity index (χ4v) is 3.61. The van der Waals surface area contributed by atoms with Gasteiger partial charge in [-0.3, -0.25) is 0 Å². The predicted octanol–water partition coefficient (Wildman–Crippen LogP) is 1.12. The summed E-state index contributed by atoms with van der Waals surface area (Å²) in [6, 6.07) is 4.60. The normalized spacial score (nSPS) is 16.0. The third kappa shape index (κ3) is 3.97. The highest BCUT2D eigenvalue weighted by molar-refractivity contribution is 7.89. The van der Waals surface area contributed by atoms with E-state index in [9.17, 15) is 8.42 Å². The lowest BCUT2D eigenvalue weighted by molar-refractivity contribution is 0.350. The molecule has 0 amide bonds. The van der Waals surface area contributed by atoms with Gasteiger partial charge in [-0.15, -0.1) is 0 Å². The molecule has 1 aromatic rings. The van der Waals surface area contributed by atoms with Crippen LogP contribution >= 0.6 is 0 Å². The Morgan fingerprint density at radius 1 is 1.48 bits per heavy atom. The smallest absolute Gasteiger partial charge is 0.244 e. The molecule has 0 saturated heterocycles. The summed E-state index contributed by atoms with van der Waals surface area (Å²) in [5, 5.41) is 8.72. The Bertz CT molecular complexity index is 669. The third-order valence-corrected chi connectivity index (χ3v) is 5.02. The molecule has 5 nitrogen and oxygen atoms in total. The van der Waals surface area contributed by atoms with Crippen molar-refractivity contribution < 1.29 is 18.3 Å². The Labute approximate surface area is 125 Å². The van der Waals surface area contributed by atoms with E-state index in [1.165, 1.54) is 13.2 Å². The SMILES string of the molecule is COc1ccc(C#CCO)cc1S(=O)(=O)NC(C)C1CC1. The lowest BCUT2D eigenvalue weighted by Gasteiger charge is -2.15. The van der Waals surface area contributed by atoms with Gasteiger partial charge in [0.05, 0.1) is 7.11 Å². The number of methoxy groups -OCH3 is 1. The maximum Gasteiger partial charge on any atom is 0.244 e. The van der Waals surface area contributed by atoms with E-state index in [0.29, 0.717) is 11.5 Å². The topological polar surface area (TPSA) is 75.6 Å². The molecule has 1 saturated carbocycles. The monoisotopic (exact) mass is 309 g/mol. The fourth-order valence-electron chi connectivity index (χ4n) is 2.11. The first-order valence-electron chi connectivity index (χ1n) is 6.78. The summed E-state index contributed by atoms with van der Waals surface area (Å²) >= 11 is 0. The summed E-state index contributed by atoms with van der Waals surface area (Å²) in [7, 11) is -2.23. The number of hydrogen-bond acceptors (Lipinski definition) is 4. The molecule has 1 unspecified atom stereocenters. The molecular weight excluding hydrogens is 290 g/mol. The van der Waals surface area contributed by atoms with Crippen LogP contribution in [-0.4, -0.2) is 33.3 Å². The molecule has 0 spiro atoms. The number of ether oxygens (including phenoxy) is 1. The second-order valence-corrected chi connectivity index (χ2v) is 6.76. The third-order valence-electron chi connectivity index (χ3n) is 3.44. The summed E-state index contributed by atoms with van der Waals surface area (Å²) in [5.41, 5.74) is 0.518. The van der Waals surface area contributed by atoms with Gasteiger partial charge in [0.2, 0.25) is 10.0 Å². The molecule has 0 heterocycles. The van der Waals surface area contributed by atoms with E-state index in [0.717, 1.165) is 12.8 Å². The molecule has 1 fully saturated rings. The second kappa shape index (κ2) is 6.48. The molecule has 2 N–H and O–H groups in total. The van der Waals surface area contributed by atoms with Gasteiger partial charge in [0.15, 0.2) is 0 Å². The minimum atomic E-state index is -3.66.